The summed E-state index contributed by atoms with van der Waals surface area (Å²) in [5, 5.41) is 15.9. The van der Waals surface area contributed by atoms with E-state index in [-0.39, 0.29) is 18.2 Å². The Hall–Kier alpha value is -0.810. The Bertz CT molecular complexity index is 338. The van der Waals surface area contributed by atoms with Crippen molar-refractivity contribution in [2.24, 2.45) is 0 Å². The highest BCUT2D eigenvalue weighted by molar-refractivity contribution is 5.74. The molecule has 1 heterocycles. The van der Waals surface area contributed by atoms with Crippen molar-refractivity contribution in [3.63, 3.8) is 0 Å². The number of likely N-dealkylation sites (tertiary alicyclic amines) is 1. The summed E-state index contributed by atoms with van der Waals surface area (Å²) in [4.78, 5) is 14.6. The van der Waals surface area contributed by atoms with E-state index in [1.165, 1.54) is 12.8 Å². The lowest BCUT2D eigenvalue weighted by Crippen LogP contribution is -2.53. The van der Waals surface area contributed by atoms with E-state index in [0.717, 1.165) is 57.7 Å². The Morgan fingerprint density at radius 3 is 2.30 bits per heavy atom. The van der Waals surface area contributed by atoms with Crippen LogP contribution in [0, 0.1) is 0 Å². The summed E-state index contributed by atoms with van der Waals surface area (Å²) >= 11 is 0. The van der Waals surface area contributed by atoms with E-state index in [0.29, 0.717) is 6.04 Å². The van der Waals surface area contributed by atoms with E-state index in [2.05, 4.69) is 15.5 Å². The Morgan fingerprint density at radius 2 is 1.65 bits per heavy atom. The Balaban J connectivity index is 1.38. The van der Waals surface area contributed by atoms with E-state index in [1.54, 1.807) is 0 Å². The number of nitrogens with zero attached hydrogens (tertiary/aromatic N) is 1. The Morgan fingerprint density at radius 1 is 0.950 bits per heavy atom. The molecule has 5 nitrogen and oxygen atoms in total. The third-order valence-corrected chi connectivity index (χ3v) is 4.97. The van der Waals surface area contributed by atoms with Gasteiger partial charge in [0.05, 0.1) is 12.1 Å². The molecule has 1 aliphatic heterocycles. The smallest absolute Gasteiger partial charge is 0.315 e. The molecular weight excluding hydrogens is 254 g/mol. The van der Waals surface area contributed by atoms with Gasteiger partial charge in [0.15, 0.2) is 0 Å². The highest BCUT2D eigenvalue weighted by Crippen LogP contribution is 2.29. The molecule has 2 saturated carbocycles. The molecule has 2 unspecified atom stereocenters. The van der Waals surface area contributed by atoms with Crippen molar-refractivity contribution in [1.82, 2.24) is 15.5 Å². The molecule has 0 radical (unpaired) electrons. The molecular formula is C15H27N3O2. The minimum absolute atomic E-state index is 0.0599. The molecule has 3 rings (SSSR count). The van der Waals surface area contributed by atoms with Gasteiger partial charge in [-0.25, -0.2) is 4.79 Å². The van der Waals surface area contributed by atoms with Crippen LogP contribution in [0.2, 0.25) is 0 Å². The molecule has 0 bridgehead atoms. The second-order valence-electron chi connectivity index (χ2n) is 6.62. The third-order valence-electron chi connectivity index (χ3n) is 4.97. The molecule has 0 aromatic rings. The van der Waals surface area contributed by atoms with Crippen LogP contribution in [0.5, 0.6) is 0 Å². The number of hydrogen-bond donors (Lipinski definition) is 3. The first kappa shape index (κ1) is 14.1. The molecule has 114 valence electrons. The summed E-state index contributed by atoms with van der Waals surface area (Å²) in [6, 6.07) is 0.976. The van der Waals surface area contributed by atoms with E-state index in [1.807, 2.05) is 0 Å². The van der Waals surface area contributed by atoms with Gasteiger partial charge in [-0.1, -0.05) is 12.8 Å². The van der Waals surface area contributed by atoms with Gasteiger partial charge in [-0.3, -0.25) is 0 Å². The highest BCUT2D eigenvalue weighted by Gasteiger charge is 2.32. The zero-order valence-electron chi connectivity index (χ0n) is 12.2. The molecule has 3 aliphatic rings. The maximum absolute atomic E-state index is 12.0. The van der Waals surface area contributed by atoms with E-state index in [4.69, 9.17) is 0 Å². The number of piperidine rings is 1. The summed E-state index contributed by atoms with van der Waals surface area (Å²) in [6.07, 6.45) is 8.33. The number of nitrogens with one attached hydrogen (secondary N) is 2. The topological polar surface area (TPSA) is 64.6 Å². The van der Waals surface area contributed by atoms with Crippen LogP contribution in [0.15, 0.2) is 0 Å². The summed E-state index contributed by atoms with van der Waals surface area (Å²) in [5.41, 5.74) is 0. The minimum Gasteiger partial charge on any atom is -0.391 e. The molecule has 20 heavy (non-hydrogen) atoms. The molecule has 0 spiro atoms. The number of rotatable bonds is 3. The fraction of sp³-hybridized carbons (Fsp3) is 0.933. The number of carbonyl (C=O) groups excluding carboxylic acids is 1. The monoisotopic (exact) mass is 281 g/mol. The maximum Gasteiger partial charge on any atom is 0.315 e. The van der Waals surface area contributed by atoms with Crippen molar-refractivity contribution in [2.75, 3.05) is 13.1 Å². The molecule has 1 saturated heterocycles. The van der Waals surface area contributed by atoms with Crippen LogP contribution in [0.3, 0.4) is 0 Å². The normalized spacial score (nSPS) is 32.9. The molecule has 5 heteroatoms. The van der Waals surface area contributed by atoms with Gasteiger partial charge in [0.1, 0.15) is 0 Å². The molecule has 2 atom stereocenters. The van der Waals surface area contributed by atoms with Crippen molar-refractivity contribution in [2.45, 2.75) is 75.6 Å². The molecule has 3 fully saturated rings. The van der Waals surface area contributed by atoms with Crippen molar-refractivity contribution < 1.29 is 9.90 Å². The van der Waals surface area contributed by atoms with Crippen molar-refractivity contribution in [3.8, 4) is 0 Å². The van der Waals surface area contributed by atoms with Crippen LogP contribution in [0.4, 0.5) is 4.79 Å². The second-order valence-corrected chi connectivity index (χ2v) is 6.62. The van der Waals surface area contributed by atoms with Gasteiger partial charge < -0.3 is 20.6 Å². The quantitative estimate of drug-likeness (QED) is 0.729. The average Bonchev–Trinajstić information content (AvgIpc) is 3.27. The summed E-state index contributed by atoms with van der Waals surface area (Å²) in [5.74, 6) is 0. The lowest BCUT2D eigenvalue weighted by molar-refractivity contribution is 0.0934. The summed E-state index contributed by atoms with van der Waals surface area (Å²) in [6.45, 7) is 2.23. The number of aliphatic hydroxyl groups excluding tert-OH is 1. The lowest BCUT2D eigenvalue weighted by Gasteiger charge is -2.33. The van der Waals surface area contributed by atoms with Gasteiger partial charge in [0, 0.05) is 25.2 Å². The van der Waals surface area contributed by atoms with Gasteiger partial charge >= 0.3 is 6.03 Å². The van der Waals surface area contributed by atoms with Gasteiger partial charge in [-0.2, -0.15) is 0 Å². The molecule has 0 aromatic carbocycles. The predicted molar refractivity (Wildman–Crippen MR) is 77.5 cm³/mol. The van der Waals surface area contributed by atoms with Gasteiger partial charge in [-0.15, -0.1) is 0 Å². The van der Waals surface area contributed by atoms with Crippen LogP contribution < -0.4 is 10.6 Å². The first-order valence-electron chi connectivity index (χ1n) is 8.21. The van der Waals surface area contributed by atoms with Crippen LogP contribution in [0.1, 0.15) is 51.4 Å². The predicted octanol–water partition coefficient (Wildman–Crippen LogP) is 1.22. The van der Waals surface area contributed by atoms with Gasteiger partial charge in [0.25, 0.3) is 0 Å². The number of aliphatic hydroxyl groups is 1. The summed E-state index contributed by atoms with van der Waals surface area (Å²) < 4.78 is 0. The van der Waals surface area contributed by atoms with Gasteiger partial charge in [-0.05, 0) is 38.5 Å². The Kier molecular flexibility index (Phi) is 4.46. The van der Waals surface area contributed by atoms with Crippen LogP contribution in [-0.2, 0) is 0 Å². The third kappa shape index (κ3) is 3.64. The number of urea groups is 1. The average molecular weight is 281 g/mol. The number of amides is 2. The largest absolute Gasteiger partial charge is 0.391 e. The fourth-order valence-corrected chi connectivity index (χ4v) is 3.52. The van der Waals surface area contributed by atoms with Crippen LogP contribution in [0.25, 0.3) is 0 Å². The van der Waals surface area contributed by atoms with E-state index in [9.17, 15) is 9.90 Å². The molecule has 3 N–H and O–H groups in total. The van der Waals surface area contributed by atoms with Crippen molar-refractivity contribution >= 4 is 6.03 Å². The minimum atomic E-state index is -0.369. The van der Waals surface area contributed by atoms with Crippen molar-refractivity contribution in [1.29, 1.82) is 0 Å². The van der Waals surface area contributed by atoms with Gasteiger partial charge in [0.2, 0.25) is 0 Å². The van der Waals surface area contributed by atoms with E-state index >= 15 is 0 Å². The number of carbonyl (C=O) groups is 1. The maximum atomic E-state index is 12.0. The van der Waals surface area contributed by atoms with Crippen LogP contribution in [-0.4, -0.2) is 53.4 Å². The van der Waals surface area contributed by atoms with E-state index < -0.39 is 0 Å². The van der Waals surface area contributed by atoms with Crippen molar-refractivity contribution in [3.05, 3.63) is 0 Å². The molecule has 2 aliphatic carbocycles. The zero-order chi connectivity index (χ0) is 13.9. The first-order valence-corrected chi connectivity index (χ1v) is 8.21. The molecule has 2 amide bonds. The SMILES string of the molecule is O=C(NC1CCN(C2CC2)CC1)NC1CCCCC1O. The summed E-state index contributed by atoms with van der Waals surface area (Å²) in [7, 11) is 0. The highest BCUT2D eigenvalue weighted by atomic mass is 16.3. The fourth-order valence-electron chi connectivity index (χ4n) is 3.52. The Labute approximate surface area is 121 Å². The lowest BCUT2D eigenvalue weighted by atomic mass is 9.93. The first-order chi connectivity index (χ1) is 9.72. The molecule has 0 aromatic heterocycles. The number of hydrogen-bond acceptors (Lipinski definition) is 3. The second kappa shape index (κ2) is 6.31. The van der Waals surface area contributed by atoms with Crippen LogP contribution >= 0.6 is 0 Å². The zero-order valence-corrected chi connectivity index (χ0v) is 12.2. The standard InChI is InChI=1S/C15H27N3O2/c19-14-4-2-1-3-13(14)17-15(20)16-11-7-9-18(10-8-11)12-5-6-12/h11-14,19H,1-10H2,(H2,16,17,20).